The summed E-state index contributed by atoms with van der Waals surface area (Å²) < 4.78 is 0. The molecular formula is C16H27N3S. The minimum atomic E-state index is 0.516. The normalized spacial score (nSPS) is 21.8. The van der Waals surface area contributed by atoms with Crippen molar-refractivity contribution in [3.05, 3.63) is 16.1 Å². The van der Waals surface area contributed by atoms with Crippen molar-refractivity contribution in [1.29, 1.82) is 0 Å². The second-order valence-electron chi connectivity index (χ2n) is 6.89. The Bertz CT molecular complexity index is 433. The van der Waals surface area contributed by atoms with Gasteiger partial charge in [0, 0.05) is 31.1 Å². The van der Waals surface area contributed by atoms with Crippen LogP contribution in [0.5, 0.6) is 0 Å². The molecule has 112 valence electrons. The number of hydrogen-bond acceptors (Lipinski definition) is 4. The number of aromatic nitrogens is 1. The lowest BCUT2D eigenvalue weighted by Crippen LogP contribution is -2.41. The second kappa shape index (κ2) is 6.12. The van der Waals surface area contributed by atoms with Crippen LogP contribution >= 0.6 is 11.3 Å². The Hall–Kier alpha value is -0.450. The molecular weight excluding hydrogens is 266 g/mol. The lowest BCUT2D eigenvalue weighted by molar-refractivity contribution is 0.166. The van der Waals surface area contributed by atoms with Gasteiger partial charge in [0.15, 0.2) is 0 Å². The molecule has 2 aliphatic carbocycles. The zero-order valence-electron chi connectivity index (χ0n) is 12.8. The lowest BCUT2D eigenvalue weighted by atomic mass is 9.85. The maximum atomic E-state index is 4.59. The van der Waals surface area contributed by atoms with Crippen molar-refractivity contribution in [2.24, 2.45) is 5.41 Å². The first-order chi connectivity index (χ1) is 9.65. The molecule has 1 aromatic heterocycles. The van der Waals surface area contributed by atoms with Crippen molar-refractivity contribution in [2.45, 2.75) is 58.0 Å². The molecule has 0 saturated heterocycles. The van der Waals surface area contributed by atoms with Crippen molar-refractivity contribution >= 4 is 11.3 Å². The molecule has 0 amide bonds. The van der Waals surface area contributed by atoms with Crippen LogP contribution in [-0.2, 0) is 6.54 Å². The van der Waals surface area contributed by atoms with Gasteiger partial charge in [-0.05, 0) is 45.1 Å². The summed E-state index contributed by atoms with van der Waals surface area (Å²) in [5.41, 5.74) is 1.75. The Balaban J connectivity index is 1.54. The Morgan fingerprint density at radius 3 is 2.75 bits per heavy atom. The Morgan fingerprint density at radius 2 is 2.15 bits per heavy atom. The van der Waals surface area contributed by atoms with Gasteiger partial charge >= 0.3 is 0 Å². The zero-order chi connectivity index (χ0) is 14.0. The third kappa shape index (κ3) is 3.80. The van der Waals surface area contributed by atoms with Gasteiger partial charge in [0.25, 0.3) is 0 Å². The van der Waals surface area contributed by atoms with Gasteiger partial charge in [0.1, 0.15) is 0 Å². The van der Waals surface area contributed by atoms with Crippen LogP contribution in [0.2, 0.25) is 0 Å². The van der Waals surface area contributed by atoms with Gasteiger partial charge in [0.2, 0.25) is 0 Å². The summed E-state index contributed by atoms with van der Waals surface area (Å²) >= 11 is 1.76. The molecule has 3 rings (SSSR count). The summed E-state index contributed by atoms with van der Waals surface area (Å²) in [6, 6.07) is 0.832. The Kier molecular flexibility index (Phi) is 4.43. The molecule has 1 aromatic rings. The van der Waals surface area contributed by atoms with E-state index < -0.39 is 0 Å². The Morgan fingerprint density at radius 1 is 1.40 bits per heavy atom. The molecule has 0 unspecified atom stereocenters. The molecule has 0 bridgehead atoms. The lowest BCUT2D eigenvalue weighted by Gasteiger charge is -2.34. The van der Waals surface area contributed by atoms with Crippen molar-refractivity contribution < 1.29 is 0 Å². The van der Waals surface area contributed by atoms with Crippen LogP contribution < -0.4 is 5.32 Å². The summed E-state index contributed by atoms with van der Waals surface area (Å²) in [6.07, 6.45) is 8.40. The summed E-state index contributed by atoms with van der Waals surface area (Å²) in [5.74, 6) is 0. The van der Waals surface area contributed by atoms with Crippen molar-refractivity contribution in [1.82, 2.24) is 15.2 Å². The maximum absolute atomic E-state index is 4.59. The van der Waals surface area contributed by atoms with Crippen LogP contribution in [0.3, 0.4) is 0 Å². The smallest absolute Gasteiger partial charge is 0.0897 e. The van der Waals surface area contributed by atoms with Gasteiger partial charge in [-0.3, -0.25) is 4.90 Å². The second-order valence-corrected chi connectivity index (χ2v) is 7.95. The van der Waals surface area contributed by atoms with E-state index in [0.717, 1.165) is 12.6 Å². The first-order valence-electron chi connectivity index (χ1n) is 7.98. The van der Waals surface area contributed by atoms with E-state index in [4.69, 9.17) is 0 Å². The van der Waals surface area contributed by atoms with Crippen LogP contribution in [0.4, 0.5) is 0 Å². The summed E-state index contributed by atoms with van der Waals surface area (Å²) in [5, 5.41) is 7.16. The van der Waals surface area contributed by atoms with Gasteiger partial charge in [-0.15, -0.1) is 11.3 Å². The highest BCUT2D eigenvalue weighted by molar-refractivity contribution is 7.09. The van der Waals surface area contributed by atoms with Crippen LogP contribution in [-0.4, -0.2) is 36.1 Å². The summed E-state index contributed by atoms with van der Waals surface area (Å²) in [4.78, 5) is 7.07. The van der Waals surface area contributed by atoms with E-state index in [1.54, 1.807) is 11.3 Å². The molecule has 3 nitrogen and oxygen atoms in total. The zero-order valence-corrected chi connectivity index (χ0v) is 13.6. The molecule has 1 N–H and O–H groups in total. The number of nitrogens with one attached hydrogen (secondary N) is 1. The third-order valence-electron chi connectivity index (χ3n) is 4.71. The minimum Gasteiger partial charge on any atom is -0.313 e. The fourth-order valence-electron chi connectivity index (χ4n) is 3.55. The van der Waals surface area contributed by atoms with E-state index in [2.05, 4.69) is 34.6 Å². The van der Waals surface area contributed by atoms with E-state index in [1.165, 1.54) is 62.3 Å². The summed E-state index contributed by atoms with van der Waals surface area (Å²) in [6.45, 7) is 5.52. The third-order valence-corrected chi connectivity index (χ3v) is 5.53. The van der Waals surface area contributed by atoms with Gasteiger partial charge < -0.3 is 5.32 Å². The fraction of sp³-hybridized carbons (Fsp3) is 0.812. The quantitative estimate of drug-likeness (QED) is 0.837. The Labute approximate surface area is 126 Å². The molecule has 1 heterocycles. The van der Waals surface area contributed by atoms with Crippen molar-refractivity contribution in [2.75, 3.05) is 20.1 Å². The largest absolute Gasteiger partial charge is 0.313 e. The molecule has 2 fully saturated rings. The van der Waals surface area contributed by atoms with Gasteiger partial charge in [0.05, 0.1) is 10.7 Å². The molecule has 0 radical (unpaired) electrons. The first-order valence-corrected chi connectivity index (χ1v) is 8.86. The van der Waals surface area contributed by atoms with Crippen LogP contribution in [0.1, 0.15) is 49.2 Å². The van der Waals surface area contributed by atoms with E-state index in [0.29, 0.717) is 5.41 Å². The average molecular weight is 293 g/mol. The average Bonchev–Trinajstić information content (AvgIpc) is 3.00. The molecule has 4 heteroatoms. The fourth-order valence-corrected chi connectivity index (χ4v) is 4.15. The minimum absolute atomic E-state index is 0.516. The number of thiazole rings is 1. The van der Waals surface area contributed by atoms with Crippen LogP contribution in [0.15, 0.2) is 5.38 Å². The first kappa shape index (κ1) is 14.5. The van der Waals surface area contributed by atoms with E-state index in [1.807, 2.05) is 0 Å². The number of rotatable bonds is 7. The number of hydrogen-bond donors (Lipinski definition) is 1. The molecule has 0 aliphatic heterocycles. The summed E-state index contributed by atoms with van der Waals surface area (Å²) in [7, 11) is 2.26. The molecule has 0 aromatic carbocycles. The SMILES string of the molecule is Cc1nc(CN(C)CC2(CNC3CC3)CCCC2)cs1. The number of aryl methyl sites for hydroxylation is 1. The molecule has 0 spiro atoms. The topological polar surface area (TPSA) is 28.2 Å². The van der Waals surface area contributed by atoms with E-state index >= 15 is 0 Å². The van der Waals surface area contributed by atoms with E-state index in [9.17, 15) is 0 Å². The van der Waals surface area contributed by atoms with Crippen molar-refractivity contribution in [3.8, 4) is 0 Å². The van der Waals surface area contributed by atoms with Crippen LogP contribution in [0.25, 0.3) is 0 Å². The highest BCUT2D eigenvalue weighted by Gasteiger charge is 2.36. The molecule has 0 atom stereocenters. The highest BCUT2D eigenvalue weighted by atomic mass is 32.1. The monoisotopic (exact) mass is 293 g/mol. The molecule has 20 heavy (non-hydrogen) atoms. The maximum Gasteiger partial charge on any atom is 0.0897 e. The van der Waals surface area contributed by atoms with Gasteiger partial charge in [-0.1, -0.05) is 12.8 Å². The highest BCUT2D eigenvalue weighted by Crippen LogP contribution is 2.39. The van der Waals surface area contributed by atoms with Crippen LogP contribution in [0, 0.1) is 12.3 Å². The number of nitrogens with zero attached hydrogens (tertiary/aromatic N) is 2. The van der Waals surface area contributed by atoms with E-state index in [-0.39, 0.29) is 0 Å². The predicted octanol–water partition coefficient (Wildman–Crippen LogP) is 3.20. The van der Waals surface area contributed by atoms with Gasteiger partial charge in [-0.2, -0.15) is 0 Å². The standard InChI is InChI=1S/C16H27N3S/c1-13-18-15(10-20-13)9-19(2)12-16(7-3-4-8-16)11-17-14-5-6-14/h10,14,17H,3-9,11-12H2,1-2H3. The van der Waals surface area contributed by atoms with Crippen molar-refractivity contribution in [3.63, 3.8) is 0 Å². The molecule has 2 aliphatic rings. The molecule has 2 saturated carbocycles. The van der Waals surface area contributed by atoms with Gasteiger partial charge in [-0.25, -0.2) is 4.98 Å². The predicted molar refractivity (Wildman–Crippen MR) is 85.1 cm³/mol.